The van der Waals surface area contributed by atoms with Gasteiger partial charge in [0.25, 0.3) is 5.91 Å². The van der Waals surface area contributed by atoms with Gasteiger partial charge in [0.1, 0.15) is 11.3 Å². The maximum absolute atomic E-state index is 12.5. The molecule has 7 heteroatoms. The van der Waals surface area contributed by atoms with Crippen LogP contribution in [0.3, 0.4) is 0 Å². The fraction of sp³-hybridized carbons (Fsp3) is 0.100. The van der Waals surface area contributed by atoms with Crippen molar-refractivity contribution in [2.75, 3.05) is 6.54 Å². The molecule has 0 radical (unpaired) electrons. The van der Waals surface area contributed by atoms with E-state index in [1.807, 2.05) is 5.38 Å². The Kier molecular flexibility index (Phi) is 4.39. The number of furan rings is 1. The van der Waals surface area contributed by atoms with Gasteiger partial charge in [-0.3, -0.25) is 9.59 Å². The summed E-state index contributed by atoms with van der Waals surface area (Å²) in [5.41, 5.74) is -1.50. The normalized spacial score (nSPS) is 13.4. The third-order valence-electron chi connectivity index (χ3n) is 4.22. The zero-order chi connectivity index (χ0) is 18.9. The SMILES string of the molecule is O=C(NCC(O)(c1ccco1)c1cccs1)c1cc(=O)c2ccccc2o1. The van der Waals surface area contributed by atoms with Crippen molar-refractivity contribution in [2.45, 2.75) is 5.60 Å². The molecule has 0 fully saturated rings. The molecule has 3 heterocycles. The molecule has 0 spiro atoms. The van der Waals surface area contributed by atoms with E-state index in [2.05, 4.69) is 5.32 Å². The van der Waals surface area contributed by atoms with Crippen LogP contribution in [-0.4, -0.2) is 17.6 Å². The van der Waals surface area contributed by atoms with Crippen LogP contribution < -0.4 is 10.7 Å². The van der Waals surface area contributed by atoms with Crippen molar-refractivity contribution < 1.29 is 18.7 Å². The summed E-state index contributed by atoms with van der Waals surface area (Å²) in [5.74, 6) is -0.406. The van der Waals surface area contributed by atoms with Crippen molar-refractivity contribution in [1.29, 1.82) is 0 Å². The molecular formula is C20H15NO5S. The van der Waals surface area contributed by atoms with Crippen LogP contribution in [0.1, 0.15) is 21.2 Å². The van der Waals surface area contributed by atoms with Crippen LogP contribution in [0.2, 0.25) is 0 Å². The maximum atomic E-state index is 12.5. The highest BCUT2D eigenvalue weighted by molar-refractivity contribution is 7.10. The summed E-state index contributed by atoms with van der Waals surface area (Å²) in [4.78, 5) is 25.3. The van der Waals surface area contributed by atoms with Gasteiger partial charge in [0.15, 0.2) is 16.8 Å². The number of amides is 1. The minimum Gasteiger partial charge on any atom is -0.466 e. The first kappa shape index (κ1) is 17.3. The Morgan fingerprint density at radius 3 is 2.74 bits per heavy atom. The number of fused-ring (bicyclic) bond motifs is 1. The average molecular weight is 381 g/mol. The number of aliphatic hydroxyl groups is 1. The first-order valence-corrected chi connectivity index (χ1v) is 9.07. The van der Waals surface area contributed by atoms with Crippen molar-refractivity contribution in [3.63, 3.8) is 0 Å². The molecule has 1 atom stereocenters. The van der Waals surface area contributed by atoms with Crippen molar-refractivity contribution in [3.8, 4) is 0 Å². The molecule has 0 bridgehead atoms. The molecule has 1 aromatic carbocycles. The minimum absolute atomic E-state index is 0.119. The third kappa shape index (κ3) is 3.18. The first-order valence-electron chi connectivity index (χ1n) is 8.19. The molecule has 27 heavy (non-hydrogen) atoms. The lowest BCUT2D eigenvalue weighted by atomic mass is 9.98. The highest BCUT2D eigenvalue weighted by Gasteiger charge is 2.36. The molecular weight excluding hydrogens is 366 g/mol. The summed E-state index contributed by atoms with van der Waals surface area (Å²) in [7, 11) is 0. The van der Waals surface area contributed by atoms with E-state index in [0.717, 1.165) is 6.07 Å². The summed E-state index contributed by atoms with van der Waals surface area (Å²) in [6, 6.07) is 14.7. The second-order valence-corrected chi connectivity index (χ2v) is 6.92. The van der Waals surface area contributed by atoms with Crippen molar-refractivity contribution in [1.82, 2.24) is 5.32 Å². The Bertz CT molecular complexity index is 1090. The van der Waals surface area contributed by atoms with Gasteiger partial charge in [-0.1, -0.05) is 18.2 Å². The van der Waals surface area contributed by atoms with E-state index in [4.69, 9.17) is 8.83 Å². The highest BCUT2D eigenvalue weighted by Crippen LogP contribution is 2.32. The highest BCUT2D eigenvalue weighted by atomic mass is 32.1. The van der Waals surface area contributed by atoms with Crippen LogP contribution in [0.25, 0.3) is 11.0 Å². The van der Waals surface area contributed by atoms with Crippen molar-refractivity contribution in [2.24, 2.45) is 0 Å². The van der Waals surface area contributed by atoms with Gasteiger partial charge in [-0.05, 0) is 35.7 Å². The summed E-state index contributed by atoms with van der Waals surface area (Å²) in [5, 5.41) is 16.0. The Hall–Kier alpha value is -3.16. The van der Waals surface area contributed by atoms with Gasteiger partial charge in [-0.15, -0.1) is 11.3 Å². The molecule has 0 aliphatic heterocycles. The fourth-order valence-corrected chi connectivity index (χ4v) is 3.66. The number of nitrogens with one attached hydrogen (secondary N) is 1. The number of hydrogen-bond acceptors (Lipinski definition) is 6. The van der Waals surface area contributed by atoms with Crippen LogP contribution in [-0.2, 0) is 5.60 Å². The predicted octanol–water partition coefficient (Wildman–Crippen LogP) is 3.11. The van der Waals surface area contributed by atoms with Gasteiger partial charge >= 0.3 is 0 Å². The quantitative estimate of drug-likeness (QED) is 0.554. The van der Waals surface area contributed by atoms with Crippen LogP contribution in [0, 0.1) is 0 Å². The summed E-state index contributed by atoms with van der Waals surface area (Å²) in [6.07, 6.45) is 1.46. The largest absolute Gasteiger partial charge is 0.466 e. The number of benzene rings is 1. The van der Waals surface area contributed by atoms with E-state index in [0.29, 0.717) is 21.6 Å². The Balaban J connectivity index is 1.62. The monoisotopic (exact) mass is 381 g/mol. The zero-order valence-corrected chi connectivity index (χ0v) is 14.9. The molecule has 4 aromatic rings. The number of thiophene rings is 1. The molecule has 0 aliphatic rings. The Labute approximate surface area is 157 Å². The topological polar surface area (TPSA) is 92.7 Å². The van der Waals surface area contributed by atoms with Crippen molar-refractivity contribution >= 4 is 28.2 Å². The lowest BCUT2D eigenvalue weighted by Gasteiger charge is -2.25. The van der Waals surface area contributed by atoms with E-state index in [-0.39, 0.29) is 17.7 Å². The van der Waals surface area contributed by atoms with Gasteiger partial charge in [0.05, 0.1) is 18.2 Å². The lowest BCUT2D eigenvalue weighted by Crippen LogP contribution is -2.41. The summed E-state index contributed by atoms with van der Waals surface area (Å²) >= 11 is 1.35. The van der Waals surface area contributed by atoms with Crippen LogP contribution in [0.15, 0.2) is 79.9 Å². The molecule has 2 N–H and O–H groups in total. The van der Waals surface area contributed by atoms with E-state index in [1.165, 1.54) is 17.6 Å². The smallest absolute Gasteiger partial charge is 0.287 e. The van der Waals surface area contributed by atoms with E-state index in [1.54, 1.807) is 48.5 Å². The van der Waals surface area contributed by atoms with Gasteiger partial charge in [0.2, 0.25) is 0 Å². The van der Waals surface area contributed by atoms with Gasteiger partial charge in [0, 0.05) is 10.9 Å². The molecule has 1 amide bonds. The molecule has 6 nitrogen and oxygen atoms in total. The van der Waals surface area contributed by atoms with Gasteiger partial charge < -0.3 is 19.3 Å². The lowest BCUT2D eigenvalue weighted by molar-refractivity contribution is 0.0546. The molecule has 3 aromatic heterocycles. The number of hydrogen-bond donors (Lipinski definition) is 2. The molecule has 4 rings (SSSR count). The molecule has 0 saturated heterocycles. The van der Waals surface area contributed by atoms with E-state index in [9.17, 15) is 14.7 Å². The zero-order valence-electron chi connectivity index (χ0n) is 14.0. The molecule has 136 valence electrons. The van der Waals surface area contributed by atoms with Gasteiger partial charge in [-0.25, -0.2) is 0 Å². The first-order chi connectivity index (χ1) is 13.1. The average Bonchev–Trinajstić information content (AvgIpc) is 3.40. The van der Waals surface area contributed by atoms with Crippen LogP contribution in [0.5, 0.6) is 0 Å². The standard InChI is InChI=1S/C20H15NO5S/c22-14-11-16(26-15-6-2-1-5-13(14)15)19(23)21-12-20(24,17-7-3-9-25-17)18-8-4-10-27-18/h1-11,24H,12H2,(H,21,23). The van der Waals surface area contributed by atoms with E-state index >= 15 is 0 Å². The number of rotatable bonds is 5. The maximum Gasteiger partial charge on any atom is 0.287 e. The van der Waals surface area contributed by atoms with E-state index < -0.39 is 11.5 Å². The fourth-order valence-electron chi connectivity index (χ4n) is 2.83. The number of carbonyl (C=O) groups is 1. The van der Waals surface area contributed by atoms with Crippen LogP contribution >= 0.6 is 11.3 Å². The second kappa shape index (κ2) is 6.86. The number of para-hydroxylation sites is 1. The number of carbonyl (C=O) groups excluding carboxylic acids is 1. The van der Waals surface area contributed by atoms with Crippen LogP contribution in [0.4, 0.5) is 0 Å². The summed E-state index contributed by atoms with van der Waals surface area (Å²) in [6.45, 7) is -0.142. The molecule has 0 aliphatic carbocycles. The van der Waals surface area contributed by atoms with Crippen molar-refractivity contribution in [3.05, 3.63) is 92.9 Å². The molecule has 1 unspecified atom stereocenters. The van der Waals surface area contributed by atoms with Gasteiger partial charge in [-0.2, -0.15) is 0 Å². The predicted molar refractivity (Wildman–Crippen MR) is 101 cm³/mol. The minimum atomic E-state index is -1.52. The Morgan fingerprint density at radius 1 is 1.15 bits per heavy atom. The second-order valence-electron chi connectivity index (χ2n) is 5.97. The summed E-state index contributed by atoms with van der Waals surface area (Å²) < 4.78 is 10.9. The third-order valence-corrected chi connectivity index (χ3v) is 5.24. The Morgan fingerprint density at radius 2 is 2.00 bits per heavy atom. The molecule has 0 saturated carbocycles.